The van der Waals surface area contributed by atoms with Crippen LogP contribution < -0.4 is 10.2 Å². The molecule has 1 fully saturated rings. The fourth-order valence-corrected chi connectivity index (χ4v) is 3.11. The Hall–Kier alpha value is -1.81. The summed E-state index contributed by atoms with van der Waals surface area (Å²) in [5.74, 6) is 0.0201. The van der Waals surface area contributed by atoms with Gasteiger partial charge in [-0.05, 0) is 55.5 Å². The topological polar surface area (TPSA) is 35.6 Å². The van der Waals surface area contributed by atoms with Gasteiger partial charge in [0.15, 0.2) is 0 Å². The Morgan fingerprint density at radius 2 is 1.88 bits per heavy atom. The molecule has 1 aliphatic heterocycles. The fraction of sp³-hybridized carbons (Fsp3) is 0.591. The molecule has 1 aromatic carbocycles. The minimum Gasteiger partial charge on any atom is -0.369 e. The van der Waals surface area contributed by atoms with Crippen LogP contribution in [0.2, 0.25) is 0 Å². The highest BCUT2D eigenvalue weighted by Gasteiger charge is 2.16. The summed E-state index contributed by atoms with van der Waals surface area (Å²) < 4.78 is 0. The van der Waals surface area contributed by atoms with Gasteiger partial charge in [0.05, 0.1) is 0 Å². The number of nitrogens with one attached hydrogen (secondary N) is 1. The summed E-state index contributed by atoms with van der Waals surface area (Å²) in [4.78, 5) is 16.7. The summed E-state index contributed by atoms with van der Waals surface area (Å²) in [7, 11) is 0. The van der Waals surface area contributed by atoms with Gasteiger partial charge in [-0.1, -0.05) is 39.0 Å². The second-order valence-corrected chi connectivity index (χ2v) is 8.37. The number of benzene rings is 1. The molecule has 0 unspecified atom stereocenters. The third-order valence-electron chi connectivity index (χ3n) is 4.67. The van der Waals surface area contributed by atoms with Crippen LogP contribution in [0.3, 0.4) is 0 Å². The van der Waals surface area contributed by atoms with Crippen LogP contribution in [0.1, 0.15) is 39.2 Å². The molecule has 26 heavy (non-hydrogen) atoms. The molecule has 0 aliphatic carbocycles. The molecule has 0 saturated carbocycles. The van der Waals surface area contributed by atoms with Crippen molar-refractivity contribution in [2.75, 3.05) is 44.2 Å². The summed E-state index contributed by atoms with van der Waals surface area (Å²) in [5.41, 5.74) is 2.72. The molecule has 4 heteroatoms. The van der Waals surface area contributed by atoms with Crippen molar-refractivity contribution in [1.29, 1.82) is 0 Å². The standard InChI is InChI=1S/C22H35N3O/c1-19-8-7-9-20(18-19)25-16-14-24(15-17-25)13-6-5-12-23-21(26)10-11-22(2,3)4/h7-11,18H,5-6,12-17H2,1-4H3,(H,23,26). The molecule has 144 valence electrons. The first-order chi connectivity index (χ1) is 12.3. The predicted octanol–water partition coefficient (Wildman–Crippen LogP) is 3.62. The fourth-order valence-electron chi connectivity index (χ4n) is 3.11. The maximum absolute atomic E-state index is 11.7. The number of aryl methyl sites for hydroxylation is 1. The van der Waals surface area contributed by atoms with E-state index in [1.54, 1.807) is 6.08 Å². The zero-order valence-corrected chi connectivity index (χ0v) is 16.9. The molecule has 1 aliphatic rings. The molecular formula is C22H35N3O. The first-order valence-electron chi connectivity index (χ1n) is 9.84. The van der Waals surface area contributed by atoms with E-state index >= 15 is 0 Å². The summed E-state index contributed by atoms with van der Waals surface area (Å²) in [6, 6.07) is 8.77. The Labute approximate surface area is 159 Å². The number of carbonyl (C=O) groups is 1. The number of piperazine rings is 1. The van der Waals surface area contributed by atoms with E-state index in [1.165, 1.54) is 11.3 Å². The zero-order chi connectivity index (χ0) is 19.0. The Kier molecular flexibility index (Phi) is 7.70. The van der Waals surface area contributed by atoms with Crippen LogP contribution in [0, 0.1) is 12.3 Å². The Balaban J connectivity index is 1.58. The van der Waals surface area contributed by atoms with E-state index in [9.17, 15) is 4.79 Å². The minimum absolute atomic E-state index is 0.0201. The predicted molar refractivity (Wildman–Crippen MR) is 111 cm³/mol. The second-order valence-electron chi connectivity index (χ2n) is 8.37. The molecule has 1 amide bonds. The lowest BCUT2D eigenvalue weighted by atomic mass is 9.96. The molecular weight excluding hydrogens is 322 g/mol. The smallest absolute Gasteiger partial charge is 0.243 e. The molecule has 4 nitrogen and oxygen atoms in total. The lowest BCUT2D eigenvalue weighted by Gasteiger charge is -2.36. The minimum atomic E-state index is 0.0201. The third kappa shape index (κ3) is 7.61. The van der Waals surface area contributed by atoms with E-state index in [4.69, 9.17) is 0 Å². The van der Waals surface area contributed by atoms with Crippen LogP contribution in [0.5, 0.6) is 0 Å². The van der Waals surface area contributed by atoms with Gasteiger partial charge in [-0.15, -0.1) is 0 Å². The highest BCUT2D eigenvalue weighted by atomic mass is 16.1. The molecule has 0 aromatic heterocycles. The number of anilines is 1. The number of allylic oxidation sites excluding steroid dienone is 1. The first kappa shape index (κ1) is 20.5. The number of hydrogen-bond donors (Lipinski definition) is 1. The number of nitrogens with zero attached hydrogens (tertiary/aromatic N) is 2. The summed E-state index contributed by atoms with van der Waals surface area (Å²) in [5, 5.41) is 2.97. The van der Waals surface area contributed by atoms with E-state index in [2.05, 4.69) is 67.1 Å². The Bertz CT molecular complexity index is 596. The molecule has 1 N–H and O–H groups in total. The van der Waals surface area contributed by atoms with Crippen LogP contribution in [0.25, 0.3) is 0 Å². The molecule has 1 heterocycles. The molecule has 0 radical (unpaired) electrons. The summed E-state index contributed by atoms with van der Waals surface area (Å²) >= 11 is 0. The van der Waals surface area contributed by atoms with E-state index in [0.29, 0.717) is 0 Å². The zero-order valence-electron chi connectivity index (χ0n) is 16.9. The second kappa shape index (κ2) is 9.77. The van der Waals surface area contributed by atoms with E-state index < -0.39 is 0 Å². The average molecular weight is 358 g/mol. The molecule has 0 spiro atoms. The van der Waals surface area contributed by atoms with Gasteiger partial charge < -0.3 is 10.2 Å². The van der Waals surface area contributed by atoms with E-state index in [0.717, 1.165) is 52.1 Å². The van der Waals surface area contributed by atoms with Crippen LogP contribution in [-0.4, -0.2) is 50.1 Å². The van der Waals surface area contributed by atoms with Gasteiger partial charge in [0, 0.05) is 38.4 Å². The van der Waals surface area contributed by atoms with Gasteiger partial charge in [0.25, 0.3) is 0 Å². The maximum Gasteiger partial charge on any atom is 0.243 e. The van der Waals surface area contributed by atoms with Gasteiger partial charge >= 0.3 is 0 Å². The maximum atomic E-state index is 11.7. The highest BCUT2D eigenvalue weighted by Crippen LogP contribution is 2.18. The quantitative estimate of drug-likeness (QED) is 0.598. The van der Waals surface area contributed by atoms with E-state index in [1.807, 2.05) is 6.08 Å². The van der Waals surface area contributed by atoms with Crippen LogP contribution in [0.15, 0.2) is 36.4 Å². The number of rotatable bonds is 7. The van der Waals surface area contributed by atoms with Crippen LogP contribution in [0.4, 0.5) is 5.69 Å². The molecule has 0 atom stereocenters. The number of hydrogen-bond acceptors (Lipinski definition) is 3. The largest absolute Gasteiger partial charge is 0.369 e. The normalized spacial score (nSPS) is 16.2. The number of unbranched alkanes of at least 4 members (excludes halogenated alkanes) is 1. The van der Waals surface area contributed by atoms with Crippen molar-refractivity contribution in [3.05, 3.63) is 42.0 Å². The molecule has 1 saturated heterocycles. The Morgan fingerprint density at radius 3 is 2.54 bits per heavy atom. The monoisotopic (exact) mass is 357 g/mol. The van der Waals surface area contributed by atoms with Crippen LogP contribution >= 0.6 is 0 Å². The number of carbonyl (C=O) groups excluding carboxylic acids is 1. The SMILES string of the molecule is Cc1cccc(N2CCN(CCCCNC(=O)C=CC(C)(C)C)CC2)c1. The van der Waals surface area contributed by atoms with Crippen molar-refractivity contribution in [1.82, 2.24) is 10.2 Å². The number of amides is 1. The molecule has 2 rings (SSSR count). The van der Waals surface area contributed by atoms with Gasteiger partial charge in [0.2, 0.25) is 5.91 Å². The molecule has 0 bridgehead atoms. The van der Waals surface area contributed by atoms with Crippen molar-refractivity contribution >= 4 is 11.6 Å². The van der Waals surface area contributed by atoms with Crippen LogP contribution in [-0.2, 0) is 4.79 Å². The van der Waals surface area contributed by atoms with E-state index in [-0.39, 0.29) is 11.3 Å². The first-order valence-corrected chi connectivity index (χ1v) is 9.84. The van der Waals surface area contributed by atoms with Crippen molar-refractivity contribution in [2.45, 2.75) is 40.5 Å². The molecule has 1 aromatic rings. The van der Waals surface area contributed by atoms with Crippen molar-refractivity contribution in [3.63, 3.8) is 0 Å². The third-order valence-corrected chi connectivity index (χ3v) is 4.67. The van der Waals surface area contributed by atoms with Crippen molar-refractivity contribution in [3.8, 4) is 0 Å². The summed E-state index contributed by atoms with van der Waals surface area (Å²) in [6.07, 6.45) is 5.78. The van der Waals surface area contributed by atoms with Gasteiger partial charge in [-0.25, -0.2) is 0 Å². The van der Waals surface area contributed by atoms with Gasteiger partial charge in [-0.2, -0.15) is 0 Å². The lowest BCUT2D eigenvalue weighted by Crippen LogP contribution is -2.46. The van der Waals surface area contributed by atoms with Gasteiger partial charge in [0.1, 0.15) is 0 Å². The summed E-state index contributed by atoms with van der Waals surface area (Å²) in [6.45, 7) is 14.7. The average Bonchev–Trinajstić information content (AvgIpc) is 2.59. The Morgan fingerprint density at radius 1 is 1.15 bits per heavy atom. The van der Waals surface area contributed by atoms with Crippen molar-refractivity contribution < 1.29 is 4.79 Å². The van der Waals surface area contributed by atoms with Gasteiger partial charge in [-0.3, -0.25) is 9.69 Å². The highest BCUT2D eigenvalue weighted by molar-refractivity contribution is 5.87. The van der Waals surface area contributed by atoms with Crippen molar-refractivity contribution in [2.24, 2.45) is 5.41 Å². The lowest BCUT2D eigenvalue weighted by molar-refractivity contribution is -0.116.